The number of ether oxygens (including phenoxy) is 1. The van der Waals surface area contributed by atoms with Crippen molar-refractivity contribution in [1.29, 1.82) is 0 Å². The quantitative estimate of drug-likeness (QED) is 0.342. The van der Waals surface area contributed by atoms with E-state index in [9.17, 15) is 18.3 Å². The molecular formula is C26H28F3N5O3S. The molecule has 0 bridgehead atoms. The Hall–Kier alpha value is -3.06. The van der Waals surface area contributed by atoms with E-state index in [4.69, 9.17) is 9.15 Å². The molecule has 2 atom stereocenters. The molecular weight excluding hydrogens is 519 g/mol. The number of aryl methyl sites for hydroxylation is 1. The van der Waals surface area contributed by atoms with Crippen LogP contribution in [0.15, 0.2) is 46.9 Å². The largest absolute Gasteiger partial charge is 0.491 e. The number of benzene rings is 2. The van der Waals surface area contributed by atoms with Gasteiger partial charge >= 0.3 is 6.18 Å². The van der Waals surface area contributed by atoms with E-state index in [0.29, 0.717) is 30.3 Å². The Morgan fingerprint density at radius 1 is 1.16 bits per heavy atom. The van der Waals surface area contributed by atoms with Gasteiger partial charge in [0, 0.05) is 43.9 Å². The molecule has 1 N–H and O–H groups in total. The number of β-amino-alcohol motifs (C(OH)–C–C–N with tert-alkyl or cyclic N) is 1. The lowest BCUT2D eigenvalue weighted by Crippen LogP contribution is -2.53. The lowest BCUT2D eigenvalue weighted by atomic mass is 10.1. The third kappa shape index (κ3) is 6.32. The van der Waals surface area contributed by atoms with Gasteiger partial charge in [0.1, 0.15) is 18.5 Å². The molecule has 1 saturated heterocycles. The number of aliphatic hydroxyl groups is 1. The lowest BCUT2D eigenvalue weighted by Gasteiger charge is -2.40. The second-order valence-corrected chi connectivity index (χ2v) is 10.7. The minimum Gasteiger partial charge on any atom is -0.491 e. The topological polar surface area (TPSA) is 87.8 Å². The number of piperazine rings is 1. The molecule has 0 radical (unpaired) electrons. The molecule has 2 aromatic heterocycles. The molecule has 5 rings (SSSR count). The maximum absolute atomic E-state index is 12.8. The predicted molar refractivity (Wildman–Crippen MR) is 137 cm³/mol. The Balaban J connectivity index is 1.09. The van der Waals surface area contributed by atoms with Crippen molar-refractivity contribution in [2.45, 2.75) is 38.7 Å². The Kier molecular flexibility index (Phi) is 7.66. The Morgan fingerprint density at radius 2 is 1.95 bits per heavy atom. The van der Waals surface area contributed by atoms with Gasteiger partial charge in [0.25, 0.3) is 0 Å². The van der Waals surface area contributed by atoms with Gasteiger partial charge in [-0.2, -0.15) is 13.2 Å². The van der Waals surface area contributed by atoms with Gasteiger partial charge in [-0.05, 0) is 50.2 Å². The number of rotatable bonds is 8. The molecule has 0 aliphatic carbocycles. The van der Waals surface area contributed by atoms with Crippen molar-refractivity contribution in [2.75, 3.05) is 32.8 Å². The molecule has 1 aliphatic heterocycles. The van der Waals surface area contributed by atoms with Crippen molar-refractivity contribution in [3.05, 3.63) is 58.9 Å². The van der Waals surface area contributed by atoms with Crippen LogP contribution < -0.4 is 4.74 Å². The number of aromatic nitrogens is 3. The SMILES string of the molecule is Cc1nc2cc(OCC(O)CN3CCN(Cc4nnc(-c5ccc(C(F)(F)F)cc5)o4)CC3C)ccc2s1. The molecule has 3 heterocycles. The highest BCUT2D eigenvalue weighted by molar-refractivity contribution is 7.18. The zero-order chi connectivity index (χ0) is 26.9. The molecule has 0 spiro atoms. The van der Waals surface area contributed by atoms with Gasteiger partial charge in [-0.1, -0.05) is 0 Å². The molecule has 1 fully saturated rings. The Morgan fingerprint density at radius 3 is 2.68 bits per heavy atom. The van der Waals surface area contributed by atoms with E-state index in [1.54, 1.807) is 11.3 Å². The number of thiazole rings is 1. The zero-order valence-electron chi connectivity index (χ0n) is 21.0. The summed E-state index contributed by atoms with van der Waals surface area (Å²) < 4.78 is 51.0. The standard InChI is InChI=1S/C26H28F3N5O3S/c1-16-12-33(14-24-31-32-25(37-24)18-3-5-19(6-4-18)26(27,28)29)9-10-34(16)13-20(35)15-36-21-7-8-23-22(11-21)30-17(2)38-23/h3-8,11,16,20,35H,9-10,12-15H2,1-2H3. The monoisotopic (exact) mass is 547 g/mol. The van der Waals surface area contributed by atoms with Crippen molar-refractivity contribution < 1.29 is 27.4 Å². The van der Waals surface area contributed by atoms with Crippen LogP contribution in [0.4, 0.5) is 13.2 Å². The van der Waals surface area contributed by atoms with Gasteiger partial charge in [0.2, 0.25) is 11.8 Å². The van der Waals surface area contributed by atoms with Crippen LogP contribution in [0.1, 0.15) is 23.4 Å². The summed E-state index contributed by atoms with van der Waals surface area (Å²) in [5.74, 6) is 1.28. The van der Waals surface area contributed by atoms with Gasteiger partial charge in [0.05, 0.1) is 27.3 Å². The fourth-order valence-electron chi connectivity index (χ4n) is 4.54. The fraction of sp³-hybridized carbons (Fsp3) is 0.423. The first-order chi connectivity index (χ1) is 18.1. The van der Waals surface area contributed by atoms with E-state index in [0.717, 1.165) is 47.0 Å². The Labute approximate surface area is 221 Å². The molecule has 12 heteroatoms. The van der Waals surface area contributed by atoms with Crippen molar-refractivity contribution in [2.24, 2.45) is 0 Å². The van der Waals surface area contributed by atoms with E-state index in [-0.39, 0.29) is 18.5 Å². The summed E-state index contributed by atoms with van der Waals surface area (Å²) in [6, 6.07) is 10.6. The number of nitrogens with zero attached hydrogens (tertiary/aromatic N) is 5. The molecule has 2 unspecified atom stereocenters. The maximum atomic E-state index is 12.8. The van der Waals surface area contributed by atoms with Crippen LogP contribution >= 0.6 is 11.3 Å². The predicted octanol–water partition coefficient (Wildman–Crippen LogP) is 4.62. The van der Waals surface area contributed by atoms with Crippen molar-refractivity contribution in [3.8, 4) is 17.2 Å². The minimum atomic E-state index is -4.39. The van der Waals surface area contributed by atoms with Gasteiger partial charge in [-0.3, -0.25) is 9.80 Å². The van der Waals surface area contributed by atoms with Crippen LogP contribution in [0.25, 0.3) is 21.7 Å². The highest BCUT2D eigenvalue weighted by Gasteiger charge is 2.30. The summed E-state index contributed by atoms with van der Waals surface area (Å²) in [4.78, 5) is 8.88. The molecule has 202 valence electrons. The van der Waals surface area contributed by atoms with Crippen molar-refractivity contribution in [3.63, 3.8) is 0 Å². The number of alkyl halides is 3. The smallest absolute Gasteiger partial charge is 0.416 e. The minimum absolute atomic E-state index is 0.185. The number of hydrogen-bond donors (Lipinski definition) is 1. The van der Waals surface area contributed by atoms with Gasteiger partial charge < -0.3 is 14.3 Å². The molecule has 4 aromatic rings. The van der Waals surface area contributed by atoms with Crippen LogP contribution in [-0.2, 0) is 12.7 Å². The van der Waals surface area contributed by atoms with Crippen molar-refractivity contribution >= 4 is 21.6 Å². The van der Waals surface area contributed by atoms with E-state index in [2.05, 4.69) is 31.9 Å². The summed E-state index contributed by atoms with van der Waals surface area (Å²) in [6.45, 7) is 7.43. The first kappa shape index (κ1) is 26.5. The first-order valence-corrected chi connectivity index (χ1v) is 13.1. The highest BCUT2D eigenvalue weighted by Crippen LogP contribution is 2.31. The summed E-state index contributed by atoms with van der Waals surface area (Å²) in [6.07, 6.45) is -5.03. The first-order valence-electron chi connectivity index (χ1n) is 12.3. The molecule has 0 amide bonds. The normalized spacial score (nSPS) is 18.2. The van der Waals surface area contributed by atoms with E-state index >= 15 is 0 Å². The molecule has 1 aliphatic rings. The van der Waals surface area contributed by atoms with Gasteiger partial charge in [0.15, 0.2) is 0 Å². The highest BCUT2D eigenvalue weighted by atomic mass is 32.1. The molecule has 0 saturated carbocycles. The lowest BCUT2D eigenvalue weighted by molar-refractivity contribution is -0.137. The fourth-order valence-corrected chi connectivity index (χ4v) is 5.35. The maximum Gasteiger partial charge on any atom is 0.416 e. The van der Waals surface area contributed by atoms with E-state index in [1.807, 2.05) is 25.1 Å². The number of fused-ring (bicyclic) bond motifs is 1. The van der Waals surface area contributed by atoms with E-state index in [1.165, 1.54) is 12.1 Å². The molecule has 2 aromatic carbocycles. The summed E-state index contributed by atoms with van der Waals surface area (Å²) >= 11 is 1.64. The zero-order valence-corrected chi connectivity index (χ0v) is 21.8. The second-order valence-electron chi connectivity index (χ2n) is 9.48. The summed E-state index contributed by atoms with van der Waals surface area (Å²) in [7, 11) is 0. The third-order valence-corrected chi connectivity index (χ3v) is 7.44. The molecule has 38 heavy (non-hydrogen) atoms. The number of aliphatic hydroxyl groups excluding tert-OH is 1. The van der Waals surface area contributed by atoms with Crippen LogP contribution in [0, 0.1) is 6.92 Å². The summed E-state index contributed by atoms with van der Waals surface area (Å²) in [5, 5.41) is 19.7. The third-order valence-electron chi connectivity index (χ3n) is 6.49. The van der Waals surface area contributed by atoms with Gasteiger partial charge in [-0.25, -0.2) is 4.98 Å². The average molecular weight is 548 g/mol. The van der Waals surface area contributed by atoms with Crippen LogP contribution in [-0.4, -0.2) is 75.0 Å². The van der Waals surface area contributed by atoms with Gasteiger partial charge in [-0.15, -0.1) is 21.5 Å². The number of hydrogen-bond acceptors (Lipinski definition) is 9. The number of halogens is 3. The van der Waals surface area contributed by atoms with Crippen LogP contribution in [0.3, 0.4) is 0 Å². The van der Waals surface area contributed by atoms with Crippen molar-refractivity contribution in [1.82, 2.24) is 25.0 Å². The Bertz CT molecular complexity index is 1370. The summed E-state index contributed by atoms with van der Waals surface area (Å²) in [5.41, 5.74) is 0.612. The second kappa shape index (κ2) is 11.0. The van der Waals surface area contributed by atoms with Crippen LogP contribution in [0.2, 0.25) is 0 Å². The van der Waals surface area contributed by atoms with Crippen LogP contribution in [0.5, 0.6) is 5.75 Å². The molecule has 8 nitrogen and oxygen atoms in total. The van der Waals surface area contributed by atoms with E-state index < -0.39 is 17.8 Å². The average Bonchev–Trinajstić information content (AvgIpc) is 3.49.